The number of rotatable bonds is 2. The zero-order valence-corrected chi connectivity index (χ0v) is 9.80. The fourth-order valence-electron chi connectivity index (χ4n) is 1.27. The Labute approximate surface area is 95.2 Å². The van der Waals surface area contributed by atoms with E-state index in [4.69, 9.17) is 10.2 Å². The molecule has 0 fully saturated rings. The molecule has 0 radical (unpaired) electrons. The first-order valence-electron chi connectivity index (χ1n) is 4.16. The highest BCUT2D eigenvalue weighted by Crippen LogP contribution is 2.23. The number of nitrogens with two attached hydrogens (primary N) is 1. The van der Waals surface area contributed by atoms with Crippen LogP contribution in [0.5, 0.6) is 0 Å². The van der Waals surface area contributed by atoms with Crippen LogP contribution in [-0.4, -0.2) is 9.78 Å². The van der Waals surface area contributed by atoms with Crippen molar-refractivity contribution >= 4 is 22.6 Å². The van der Waals surface area contributed by atoms with E-state index in [0.717, 1.165) is 15.0 Å². The van der Waals surface area contributed by atoms with Crippen molar-refractivity contribution in [2.24, 2.45) is 12.8 Å². The van der Waals surface area contributed by atoms with E-state index in [1.54, 1.807) is 17.1 Å². The molecule has 2 heterocycles. The van der Waals surface area contributed by atoms with Crippen molar-refractivity contribution in [2.75, 3.05) is 0 Å². The molecule has 0 amide bonds. The van der Waals surface area contributed by atoms with Crippen molar-refractivity contribution in [3.05, 3.63) is 39.6 Å². The van der Waals surface area contributed by atoms with E-state index in [-0.39, 0.29) is 6.04 Å². The fraction of sp³-hybridized carbons (Fsp3) is 0.222. The smallest absolute Gasteiger partial charge is 0.125 e. The van der Waals surface area contributed by atoms with Gasteiger partial charge in [-0.15, -0.1) is 0 Å². The number of hydrogen-bond donors (Lipinski definition) is 1. The Kier molecular flexibility index (Phi) is 2.60. The van der Waals surface area contributed by atoms with Gasteiger partial charge in [0.1, 0.15) is 9.46 Å². The molecule has 74 valence electrons. The summed E-state index contributed by atoms with van der Waals surface area (Å²) in [6, 6.07) is 3.47. The Hall–Kier alpha value is -0.820. The zero-order chi connectivity index (χ0) is 10.1. The van der Waals surface area contributed by atoms with Gasteiger partial charge in [0.2, 0.25) is 0 Å². The quantitative estimate of drug-likeness (QED) is 0.859. The molecule has 1 atom stereocenters. The molecule has 0 bridgehead atoms. The summed E-state index contributed by atoms with van der Waals surface area (Å²) in [4.78, 5) is 0. The van der Waals surface area contributed by atoms with Crippen LogP contribution >= 0.6 is 22.6 Å². The predicted molar refractivity (Wildman–Crippen MR) is 60.7 cm³/mol. The molecular formula is C9H10IN3O. The van der Waals surface area contributed by atoms with Gasteiger partial charge in [0, 0.05) is 12.6 Å². The van der Waals surface area contributed by atoms with E-state index in [1.807, 2.05) is 19.2 Å². The van der Waals surface area contributed by atoms with E-state index in [9.17, 15) is 0 Å². The minimum absolute atomic E-state index is 0.231. The van der Waals surface area contributed by atoms with Crippen molar-refractivity contribution in [1.29, 1.82) is 0 Å². The van der Waals surface area contributed by atoms with E-state index in [1.165, 1.54) is 0 Å². The van der Waals surface area contributed by atoms with Gasteiger partial charge in [-0.3, -0.25) is 4.68 Å². The second kappa shape index (κ2) is 3.74. The van der Waals surface area contributed by atoms with Crippen LogP contribution in [0.1, 0.15) is 17.4 Å². The summed E-state index contributed by atoms with van der Waals surface area (Å²) in [6.45, 7) is 0. The standard InChI is InChI=1S/C9H10IN3O/c1-13-9(10)6(5-12-13)8(11)7-3-2-4-14-7/h2-5,8H,11H2,1H3. The summed E-state index contributed by atoms with van der Waals surface area (Å²) in [5.74, 6) is 0.760. The molecule has 0 saturated carbocycles. The number of aryl methyl sites for hydroxylation is 1. The maximum absolute atomic E-state index is 6.02. The Balaban J connectivity index is 2.36. The van der Waals surface area contributed by atoms with Gasteiger partial charge in [0.15, 0.2) is 0 Å². The van der Waals surface area contributed by atoms with Crippen molar-refractivity contribution in [2.45, 2.75) is 6.04 Å². The van der Waals surface area contributed by atoms with Gasteiger partial charge in [0.25, 0.3) is 0 Å². The third-order valence-corrected chi connectivity index (χ3v) is 3.40. The van der Waals surface area contributed by atoms with Crippen LogP contribution in [0, 0.1) is 3.70 Å². The number of nitrogens with zero attached hydrogens (tertiary/aromatic N) is 2. The van der Waals surface area contributed by atoms with Gasteiger partial charge in [-0.05, 0) is 34.7 Å². The molecule has 1 unspecified atom stereocenters. The molecular weight excluding hydrogens is 293 g/mol. The molecule has 4 nitrogen and oxygen atoms in total. The van der Waals surface area contributed by atoms with Crippen LogP contribution < -0.4 is 5.73 Å². The molecule has 2 N–H and O–H groups in total. The molecule has 2 aromatic heterocycles. The first-order valence-corrected chi connectivity index (χ1v) is 5.24. The molecule has 0 aliphatic rings. The van der Waals surface area contributed by atoms with Gasteiger partial charge >= 0.3 is 0 Å². The maximum atomic E-state index is 6.02. The van der Waals surface area contributed by atoms with Gasteiger partial charge in [-0.2, -0.15) is 5.10 Å². The van der Waals surface area contributed by atoms with Gasteiger partial charge in [-0.25, -0.2) is 0 Å². The third kappa shape index (κ3) is 1.57. The maximum Gasteiger partial charge on any atom is 0.125 e. The van der Waals surface area contributed by atoms with Crippen molar-refractivity contribution < 1.29 is 4.42 Å². The largest absolute Gasteiger partial charge is 0.467 e. The summed E-state index contributed by atoms with van der Waals surface area (Å²) >= 11 is 2.22. The molecule has 0 aromatic carbocycles. The van der Waals surface area contributed by atoms with Gasteiger partial charge in [0.05, 0.1) is 18.5 Å². The Morgan fingerprint density at radius 1 is 1.64 bits per heavy atom. The average molecular weight is 303 g/mol. The SMILES string of the molecule is Cn1ncc(C(N)c2ccco2)c1I. The van der Waals surface area contributed by atoms with Crippen molar-refractivity contribution in [1.82, 2.24) is 9.78 Å². The summed E-state index contributed by atoms with van der Waals surface area (Å²) in [6.07, 6.45) is 3.40. The molecule has 2 aromatic rings. The van der Waals surface area contributed by atoms with Crippen molar-refractivity contribution in [3.63, 3.8) is 0 Å². The van der Waals surface area contributed by atoms with E-state index in [2.05, 4.69) is 27.7 Å². The lowest BCUT2D eigenvalue weighted by Crippen LogP contribution is -2.11. The third-order valence-electron chi connectivity index (χ3n) is 2.08. The first kappa shape index (κ1) is 9.72. The van der Waals surface area contributed by atoms with Crippen LogP contribution in [0.2, 0.25) is 0 Å². The number of halogens is 1. The number of furan rings is 1. The highest BCUT2D eigenvalue weighted by molar-refractivity contribution is 14.1. The molecule has 0 saturated heterocycles. The minimum Gasteiger partial charge on any atom is -0.467 e. The minimum atomic E-state index is -0.231. The Bertz CT molecular complexity index is 421. The summed E-state index contributed by atoms with van der Waals surface area (Å²) in [5.41, 5.74) is 7.01. The highest BCUT2D eigenvalue weighted by Gasteiger charge is 2.17. The van der Waals surface area contributed by atoms with E-state index in [0.29, 0.717) is 0 Å². The highest BCUT2D eigenvalue weighted by atomic mass is 127. The summed E-state index contributed by atoms with van der Waals surface area (Å²) in [7, 11) is 1.89. The van der Waals surface area contributed by atoms with Crippen LogP contribution in [0.3, 0.4) is 0 Å². The van der Waals surface area contributed by atoms with Crippen LogP contribution in [-0.2, 0) is 7.05 Å². The lowest BCUT2D eigenvalue weighted by atomic mass is 10.1. The van der Waals surface area contributed by atoms with Crippen LogP contribution in [0.25, 0.3) is 0 Å². The lowest BCUT2D eigenvalue weighted by molar-refractivity contribution is 0.489. The molecule has 5 heteroatoms. The molecule has 14 heavy (non-hydrogen) atoms. The second-order valence-corrected chi connectivity index (χ2v) is 4.03. The second-order valence-electron chi connectivity index (χ2n) is 3.01. The normalized spacial score (nSPS) is 13.1. The van der Waals surface area contributed by atoms with E-state index < -0.39 is 0 Å². The van der Waals surface area contributed by atoms with Crippen LogP contribution in [0.4, 0.5) is 0 Å². The van der Waals surface area contributed by atoms with Gasteiger partial charge < -0.3 is 10.2 Å². The van der Waals surface area contributed by atoms with Gasteiger partial charge in [-0.1, -0.05) is 0 Å². The Morgan fingerprint density at radius 3 is 2.93 bits per heavy atom. The molecule has 0 aliphatic heterocycles. The summed E-state index contributed by atoms with van der Waals surface area (Å²) < 4.78 is 8.07. The predicted octanol–water partition coefficient (Wildman–Crippen LogP) is 1.67. The molecule has 0 aliphatic carbocycles. The first-order chi connectivity index (χ1) is 6.70. The van der Waals surface area contributed by atoms with Crippen molar-refractivity contribution in [3.8, 4) is 0 Å². The lowest BCUT2D eigenvalue weighted by Gasteiger charge is -2.06. The number of aromatic nitrogens is 2. The summed E-state index contributed by atoms with van der Waals surface area (Å²) in [5, 5.41) is 4.13. The Morgan fingerprint density at radius 2 is 2.43 bits per heavy atom. The topological polar surface area (TPSA) is 57.0 Å². The zero-order valence-electron chi connectivity index (χ0n) is 7.64. The fourth-order valence-corrected chi connectivity index (χ4v) is 1.87. The monoisotopic (exact) mass is 303 g/mol. The molecule has 2 rings (SSSR count). The van der Waals surface area contributed by atoms with Crippen LogP contribution in [0.15, 0.2) is 29.0 Å². The molecule has 0 spiro atoms. The number of hydrogen-bond acceptors (Lipinski definition) is 3. The van der Waals surface area contributed by atoms with E-state index >= 15 is 0 Å². The average Bonchev–Trinajstić information content (AvgIpc) is 2.77.